The summed E-state index contributed by atoms with van der Waals surface area (Å²) >= 11 is 0. The molecule has 12 heavy (non-hydrogen) atoms. The molecule has 68 valence electrons. The van der Waals surface area contributed by atoms with Crippen LogP contribution in [-0.2, 0) is 9.53 Å². The number of carbonyl (C=O) groups is 2. The number of nitrogens with zero attached hydrogens (tertiary/aromatic N) is 1. The molecular weight excluding hydrogens is 166 g/mol. The number of nitrogens with one attached hydrogen (secondary N) is 1. The minimum Gasteiger partial charge on any atom is -0.464 e. The van der Waals surface area contributed by atoms with Gasteiger partial charge >= 0.3 is 12.1 Å². The summed E-state index contributed by atoms with van der Waals surface area (Å²) in [5.41, 5.74) is 6.56. The van der Waals surface area contributed by atoms with Gasteiger partial charge in [-0.05, 0) is 6.92 Å². The molecule has 4 N–H and O–H groups in total. The van der Waals surface area contributed by atoms with Crippen LogP contribution in [0.3, 0.4) is 0 Å². The summed E-state index contributed by atoms with van der Waals surface area (Å²) in [6.45, 7) is 1.75. The van der Waals surface area contributed by atoms with Crippen LogP contribution in [0.5, 0.6) is 0 Å². The van der Waals surface area contributed by atoms with E-state index in [2.05, 4.69) is 9.84 Å². The lowest BCUT2D eigenvalue weighted by Gasteiger charge is -1.99. The second-order valence-electron chi connectivity index (χ2n) is 1.63. The van der Waals surface area contributed by atoms with Crippen LogP contribution in [-0.4, -0.2) is 29.6 Å². The van der Waals surface area contributed by atoms with Gasteiger partial charge in [0.1, 0.15) is 0 Å². The largest absolute Gasteiger partial charge is 0.464 e. The lowest BCUT2D eigenvalue weighted by molar-refractivity contribution is -0.135. The van der Waals surface area contributed by atoms with Crippen LogP contribution in [0.1, 0.15) is 6.92 Å². The van der Waals surface area contributed by atoms with Crippen molar-refractivity contribution in [2.24, 2.45) is 10.8 Å². The van der Waals surface area contributed by atoms with Gasteiger partial charge in [-0.25, -0.2) is 15.0 Å². The van der Waals surface area contributed by atoms with E-state index in [1.165, 1.54) is 0 Å². The second kappa shape index (κ2) is 4.94. The molecule has 0 radical (unpaired) electrons. The number of amidine groups is 1. The van der Waals surface area contributed by atoms with Gasteiger partial charge in [-0.15, -0.1) is 5.10 Å². The number of amides is 1. The molecule has 0 fully saturated rings. The molecule has 0 spiro atoms. The first-order valence-electron chi connectivity index (χ1n) is 3.07. The van der Waals surface area contributed by atoms with E-state index in [4.69, 9.17) is 10.8 Å². The van der Waals surface area contributed by atoms with Crippen LogP contribution in [0.15, 0.2) is 5.10 Å². The van der Waals surface area contributed by atoms with Gasteiger partial charge in [-0.1, -0.05) is 0 Å². The van der Waals surface area contributed by atoms with Gasteiger partial charge in [0.2, 0.25) is 5.84 Å². The number of hydrogen-bond donors (Lipinski definition) is 3. The first kappa shape index (κ1) is 10.2. The van der Waals surface area contributed by atoms with Crippen molar-refractivity contribution in [2.75, 3.05) is 6.61 Å². The first-order chi connectivity index (χ1) is 5.57. The van der Waals surface area contributed by atoms with Crippen LogP contribution in [0.2, 0.25) is 0 Å². The molecule has 0 aliphatic carbocycles. The maximum Gasteiger partial charge on any atom is 0.425 e. The van der Waals surface area contributed by atoms with Gasteiger partial charge in [-0.2, -0.15) is 0 Å². The minimum atomic E-state index is -1.40. The summed E-state index contributed by atoms with van der Waals surface area (Å²) in [7, 11) is 0. The van der Waals surface area contributed by atoms with Crippen LogP contribution >= 0.6 is 0 Å². The van der Waals surface area contributed by atoms with Gasteiger partial charge < -0.3 is 15.6 Å². The molecule has 0 aliphatic heterocycles. The molecule has 0 aliphatic rings. The van der Waals surface area contributed by atoms with Gasteiger partial charge in [0.05, 0.1) is 6.61 Å². The Morgan fingerprint density at radius 1 is 1.67 bits per heavy atom. The number of carbonyl (C=O) groups excluding carboxylic acids is 1. The fourth-order valence-corrected chi connectivity index (χ4v) is 0.359. The molecule has 0 unspecified atom stereocenters. The molecule has 0 heterocycles. The van der Waals surface area contributed by atoms with E-state index in [-0.39, 0.29) is 6.61 Å². The number of carboxylic acid groups (broad SMARTS) is 1. The van der Waals surface area contributed by atoms with E-state index in [0.717, 1.165) is 0 Å². The third-order valence-electron chi connectivity index (χ3n) is 0.757. The Bertz CT molecular complexity index is 213. The molecule has 1 amide bonds. The molecule has 7 heteroatoms. The fraction of sp³-hybridized carbons (Fsp3) is 0.400. The van der Waals surface area contributed by atoms with Crippen molar-refractivity contribution in [1.29, 1.82) is 0 Å². The lowest BCUT2D eigenvalue weighted by atomic mass is 10.6. The Morgan fingerprint density at radius 3 is 2.67 bits per heavy atom. The molecule has 0 bridgehead atoms. The van der Waals surface area contributed by atoms with Gasteiger partial charge in [-0.3, -0.25) is 0 Å². The topological polar surface area (TPSA) is 114 Å². The molecular formula is C5H9N3O4. The normalized spacial score (nSPS) is 10.6. The highest BCUT2D eigenvalue weighted by Gasteiger charge is 2.07. The number of rotatable bonds is 2. The van der Waals surface area contributed by atoms with E-state index in [0.29, 0.717) is 0 Å². The standard InChI is InChI=1S/C5H9N3O4/c1-2-12-4(9)3(6)7-8-5(10)11/h8H,2H2,1H3,(H2,6,7)(H,10,11). The van der Waals surface area contributed by atoms with Gasteiger partial charge in [0.15, 0.2) is 0 Å². The summed E-state index contributed by atoms with van der Waals surface area (Å²) in [6, 6.07) is 0. The predicted molar refractivity (Wildman–Crippen MR) is 39.4 cm³/mol. The molecule has 0 saturated carbocycles. The molecule has 0 atom stereocenters. The zero-order chi connectivity index (χ0) is 9.56. The average Bonchev–Trinajstić information content (AvgIpc) is 2.00. The van der Waals surface area contributed by atoms with E-state index in [1.54, 1.807) is 12.3 Å². The molecule has 7 nitrogen and oxygen atoms in total. The van der Waals surface area contributed by atoms with Crippen molar-refractivity contribution < 1.29 is 19.4 Å². The van der Waals surface area contributed by atoms with E-state index in [1.807, 2.05) is 0 Å². The van der Waals surface area contributed by atoms with Crippen LogP contribution in [0.4, 0.5) is 4.79 Å². The maximum absolute atomic E-state index is 10.6. The van der Waals surface area contributed by atoms with Crippen molar-refractivity contribution in [3.63, 3.8) is 0 Å². The zero-order valence-corrected chi connectivity index (χ0v) is 6.40. The van der Waals surface area contributed by atoms with E-state index < -0.39 is 17.9 Å². The third kappa shape index (κ3) is 4.09. The number of nitrogens with two attached hydrogens (primary N) is 1. The predicted octanol–water partition coefficient (Wildman–Crippen LogP) is -0.911. The Balaban J connectivity index is 3.99. The average molecular weight is 175 g/mol. The van der Waals surface area contributed by atoms with Crippen molar-refractivity contribution in [3.8, 4) is 0 Å². The number of hydrogen-bond acceptors (Lipinski definition) is 4. The summed E-state index contributed by atoms with van der Waals surface area (Å²) in [5.74, 6) is -1.38. The molecule has 0 saturated heterocycles. The van der Waals surface area contributed by atoms with E-state index >= 15 is 0 Å². The Hall–Kier alpha value is -1.79. The summed E-state index contributed by atoms with van der Waals surface area (Å²) in [4.78, 5) is 20.5. The lowest BCUT2D eigenvalue weighted by Crippen LogP contribution is -2.30. The molecule has 0 aromatic rings. The fourth-order valence-electron chi connectivity index (χ4n) is 0.359. The van der Waals surface area contributed by atoms with Crippen molar-refractivity contribution in [3.05, 3.63) is 0 Å². The maximum atomic E-state index is 10.6. The third-order valence-corrected chi connectivity index (χ3v) is 0.757. The molecule has 0 aromatic carbocycles. The van der Waals surface area contributed by atoms with Crippen molar-refractivity contribution in [2.45, 2.75) is 6.92 Å². The van der Waals surface area contributed by atoms with Crippen LogP contribution in [0, 0.1) is 0 Å². The van der Waals surface area contributed by atoms with E-state index in [9.17, 15) is 9.59 Å². The Morgan fingerprint density at radius 2 is 2.25 bits per heavy atom. The first-order valence-corrected chi connectivity index (χ1v) is 3.07. The highest BCUT2D eigenvalue weighted by Crippen LogP contribution is 1.77. The second-order valence-corrected chi connectivity index (χ2v) is 1.63. The monoisotopic (exact) mass is 175 g/mol. The highest BCUT2D eigenvalue weighted by molar-refractivity contribution is 6.34. The smallest absolute Gasteiger partial charge is 0.425 e. The summed E-state index contributed by atoms with van der Waals surface area (Å²) in [6.07, 6.45) is -1.40. The number of ether oxygens (including phenoxy) is 1. The number of hydrazone groups is 1. The van der Waals surface area contributed by atoms with Crippen LogP contribution in [0.25, 0.3) is 0 Å². The Kier molecular flexibility index (Phi) is 4.20. The van der Waals surface area contributed by atoms with Crippen molar-refractivity contribution >= 4 is 17.9 Å². The zero-order valence-electron chi connectivity index (χ0n) is 6.40. The SMILES string of the molecule is CCOC(=O)/C(N)=N/NC(=O)O. The Labute approximate surface area is 68.2 Å². The quantitative estimate of drug-likeness (QED) is 0.217. The highest BCUT2D eigenvalue weighted by atomic mass is 16.5. The van der Waals surface area contributed by atoms with Gasteiger partial charge in [0, 0.05) is 0 Å². The summed E-state index contributed by atoms with van der Waals surface area (Å²) < 4.78 is 4.41. The minimum absolute atomic E-state index is 0.155. The van der Waals surface area contributed by atoms with Crippen molar-refractivity contribution in [1.82, 2.24) is 5.43 Å². The molecule has 0 aromatic heterocycles. The number of esters is 1. The molecule has 0 rings (SSSR count). The van der Waals surface area contributed by atoms with Gasteiger partial charge in [0.25, 0.3) is 0 Å². The van der Waals surface area contributed by atoms with Crippen LogP contribution < -0.4 is 11.2 Å². The summed E-state index contributed by atoms with van der Waals surface area (Å²) in [5, 5.41) is 11.1.